The number of halogens is 1. The van der Waals surface area contributed by atoms with E-state index in [0.717, 1.165) is 55.4 Å². The molecule has 2 aromatic carbocycles. The van der Waals surface area contributed by atoms with Gasteiger partial charge in [0.2, 0.25) is 0 Å². The van der Waals surface area contributed by atoms with E-state index in [2.05, 4.69) is 40.1 Å². The minimum Gasteiger partial charge on any atom is -0.495 e. The number of piperazine rings is 1. The highest BCUT2D eigenvalue weighted by Gasteiger charge is 2.20. The number of aromatic nitrogens is 1. The summed E-state index contributed by atoms with van der Waals surface area (Å²) < 4.78 is 6.72. The van der Waals surface area contributed by atoms with Crippen LogP contribution in [0, 0.1) is 0 Å². The summed E-state index contributed by atoms with van der Waals surface area (Å²) in [5.41, 5.74) is 8.67. The Kier molecular flexibility index (Phi) is 7.29. The minimum atomic E-state index is 0. The molecule has 4 rings (SSSR count). The van der Waals surface area contributed by atoms with Crippen molar-refractivity contribution < 1.29 is 4.74 Å². The zero-order valence-electron chi connectivity index (χ0n) is 16.1. The fraction of sp³-hybridized carbons (Fsp3) is 0.381. The molecule has 1 saturated heterocycles. The molecular formula is C21H27BrN4OS. The predicted octanol–water partition coefficient (Wildman–Crippen LogP) is 4.09. The first-order valence-electron chi connectivity index (χ1n) is 9.46. The number of methoxy groups -OCH3 is 1. The van der Waals surface area contributed by atoms with Crippen LogP contribution in [-0.4, -0.2) is 49.7 Å². The topological polar surface area (TPSA) is 54.6 Å². The average molecular weight is 463 g/mol. The quantitative estimate of drug-likeness (QED) is 0.597. The van der Waals surface area contributed by atoms with E-state index in [1.807, 2.05) is 18.2 Å². The number of nitrogens with two attached hydrogens (primary N) is 1. The van der Waals surface area contributed by atoms with Crippen LogP contribution in [0.5, 0.6) is 5.75 Å². The van der Waals surface area contributed by atoms with Gasteiger partial charge in [-0.15, -0.1) is 28.3 Å². The van der Waals surface area contributed by atoms with Crippen LogP contribution in [0.2, 0.25) is 0 Å². The first-order chi connectivity index (χ1) is 13.2. The fourth-order valence-electron chi connectivity index (χ4n) is 3.60. The SMILES string of the molecule is Br.COc1ccccc1N1CCN(CCC(N)c2nc3ccccc3s2)CC1. The smallest absolute Gasteiger partial charge is 0.142 e. The molecule has 28 heavy (non-hydrogen) atoms. The molecule has 150 valence electrons. The molecule has 0 aliphatic carbocycles. The highest BCUT2D eigenvalue weighted by atomic mass is 79.9. The number of anilines is 1. The lowest BCUT2D eigenvalue weighted by atomic mass is 10.2. The largest absolute Gasteiger partial charge is 0.495 e. The van der Waals surface area contributed by atoms with Crippen molar-refractivity contribution in [2.45, 2.75) is 12.5 Å². The summed E-state index contributed by atoms with van der Waals surface area (Å²) in [6, 6.07) is 16.5. The van der Waals surface area contributed by atoms with Gasteiger partial charge >= 0.3 is 0 Å². The Morgan fingerprint density at radius 1 is 1.07 bits per heavy atom. The van der Waals surface area contributed by atoms with Gasteiger partial charge in [-0.2, -0.15) is 0 Å². The third kappa shape index (κ3) is 4.66. The second kappa shape index (κ2) is 9.69. The van der Waals surface area contributed by atoms with E-state index in [4.69, 9.17) is 15.5 Å². The summed E-state index contributed by atoms with van der Waals surface area (Å²) in [6.45, 7) is 5.12. The van der Waals surface area contributed by atoms with Gasteiger partial charge in [0.05, 0.1) is 29.1 Å². The number of benzene rings is 2. The zero-order valence-corrected chi connectivity index (χ0v) is 18.6. The van der Waals surface area contributed by atoms with Gasteiger partial charge in [-0.25, -0.2) is 4.98 Å². The van der Waals surface area contributed by atoms with Gasteiger partial charge in [0.1, 0.15) is 10.8 Å². The molecule has 2 heterocycles. The number of hydrogen-bond donors (Lipinski definition) is 1. The molecule has 0 bridgehead atoms. The van der Waals surface area contributed by atoms with Gasteiger partial charge in [-0.05, 0) is 30.7 Å². The zero-order chi connectivity index (χ0) is 18.6. The third-order valence-electron chi connectivity index (χ3n) is 5.18. The number of nitrogens with zero attached hydrogens (tertiary/aromatic N) is 3. The van der Waals surface area contributed by atoms with Crippen molar-refractivity contribution in [2.24, 2.45) is 5.73 Å². The van der Waals surface area contributed by atoms with Crippen molar-refractivity contribution in [2.75, 3.05) is 44.7 Å². The lowest BCUT2D eigenvalue weighted by Gasteiger charge is -2.36. The van der Waals surface area contributed by atoms with Crippen LogP contribution in [0.3, 0.4) is 0 Å². The van der Waals surface area contributed by atoms with Crippen LogP contribution in [0.25, 0.3) is 10.2 Å². The first-order valence-corrected chi connectivity index (χ1v) is 10.3. The summed E-state index contributed by atoms with van der Waals surface area (Å²) in [6.07, 6.45) is 0.939. The molecule has 1 atom stereocenters. The summed E-state index contributed by atoms with van der Waals surface area (Å²) in [5.74, 6) is 0.948. The number of para-hydroxylation sites is 3. The van der Waals surface area contributed by atoms with Gasteiger partial charge in [-0.1, -0.05) is 24.3 Å². The predicted molar refractivity (Wildman–Crippen MR) is 123 cm³/mol. The molecule has 1 aliphatic heterocycles. The van der Waals surface area contributed by atoms with Crippen molar-refractivity contribution in [1.82, 2.24) is 9.88 Å². The summed E-state index contributed by atoms with van der Waals surface area (Å²) in [5, 5.41) is 1.05. The number of fused-ring (bicyclic) bond motifs is 1. The molecular weight excluding hydrogens is 436 g/mol. The lowest BCUT2D eigenvalue weighted by Crippen LogP contribution is -2.47. The first kappa shape index (κ1) is 21.0. The molecule has 2 N–H and O–H groups in total. The van der Waals surface area contributed by atoms with Crippen molar-refractivity contribution in [3.63, 3.8) is 0 Å². The number of hydrogen-bond acceptors (Lipinski definition) is 6. The van der Waals surface area contributed by atoms with E-state index < -0.39 is 0 Å². The standard InChI is InChI=1S/C21H26N4OS.BrH/c1-26-19-8-4-3-7-18(19)25-14-12-24(13-15-25)11-10-16(22)21-23-17-6-2-5-9-20(17)27-21;/h2-9,16H,10-15,22H2,1H3;1H. The van der Waals surface area contributed by atoms with Crippen LogP contribution in [0.4, 0.5) is 5.69 Å². The van der Waals surface area contributed by atoms with E-state index in [1.54, 1.807) is 18.4 Å². The molecule has 0 saturated carbocycles. The highest BCUT2D eigenvalue weighted by molar-refractivity contribution is 8.93. The minimum absolute atomic E-state index is 0. The second-order valence-corrected chi connectivity index (χ2v) is 7.98. The van der Waals surface area contributed by atoms with Crippen LogP contribution >= 0.6 is 28.3 Å². The maximum absolute atomic E-state index is 6.43. The van der Waals surface area contributed by atoms with Crippen LogP contribution in [-0.2, 0) is 0 Å². The number of rotatable bonds is 6. The number of thiazole rings is 1. The Labute approximate surface area is 180 Å². The number of ether oxygens (including phenoxy) is 1. The third-order valence-corrected chi connectivity index (χ3v) is 6.35. The Morgan fingerprint density at radius 2 is 1.79 bits per heavy atom. The van der Waals surface area contributed by atoms with E-state index in [-0.39, 0.29) is 23.0 Å². The van der Waals surface area contributed by atoms with Gasteiger partial charge in [-0.3, -0.25) is 4.90 Å². The van der Waals surface area contributed by atoms with E-state index in [9.17, 15) is 0 Å². The molecule has 5 nitrogen and oxygen atoms in total. The molecule has 7 heteroatoms. The molecule has 1 unspecified atom stereocenters. The van der Waals surface area contributed by atoms with E-state index in [0.29, 0.717) is 0 Å². The van der Waals surface area contributed by atoms with Crippen LogP contribution in [0.1, 0.15) is 17.5 Å². The van der Waals surface area contributed by atoms with Crippen LogP contribution < -0.4 is 15.4 Å². The average Bonchev–Trinajstić information content (AvgIpc) is 3.17. The maximum Gasteiger partial charge on any atom is 0.142 e. The Bertz CT molecular complexity index is 862. The Hall–Kier alpha value is -1.67. The van der Waals surface area contributed by atoms with E-state index >= 15 is 0 Å². The summed E-state index contributed by atoms with van der Waals surface area (Å²) >= 11 is 1.72. The van der Waals surface area contributed by atoms with Crippen molar-refractivity contribution in [3.05, 3.63) is 53.5 Å². The molecule has 1 fully saturated rings. The van der Waals surface area contributed by atoms with Crippen molar-refractivity contribution in [1.29, 1.82) is 0 Å². The lowest BCUT2D eigenvalue weighted by molar-refractivity contribution is 0.248. The van der Waals surface area contributed by atoms with Gasteiger partial charge in [0.15, 0.2) is 0 Å². The Morgan fingerprint density at radius 3 is 2.54 bits per heavy atom. The molecule has 3 aromatic rings. The maximum atomic E-state index is 6.43. The molecule has 1 aliphatic rings. The fourth-order valence-corrected chi connectivity index (χ4v) is 4.60. The molecule has 0 amide bonds. The van der Waals surface area contributed by atoms with Crippen LogP contribution in [0.15, 0.2) is 48.5 Å². The second-order valence-electron chi connectivity index (χ2n) is 6.92. The van der Waals surface area contributed by atoms with E-state index in [1.165, 1.54) is 10.4 Å². The molecule has 0 radical (unpaired) electrons. The normalized spacial score (nSPS) is 16.0. The summed E-state index contributed by atoms with van der Waals surface area (Å²) in [7, 11) is 1.73. The monoisotopic (exact) mass is 462 g/mol. The Balaban J connectivity index is 0.00000225. The molecule has 1 aromatic heterocycles. The summed E-state index contributed by atoms with van der Waals surface area (Å²) in [4.78, 5) is 9.60. The molecule has 0 spiro atoms. The van der Waals surface area contributed by atoms with Gasteiger partial charge in [0, 0.05) is 32.7 Å². The van der Waals surface area contributed by atoms with Crippen molar-refractivity contribution in [3.8, 4) is 5.75 Å². The van der Waals surface area contributed by atoms with Gasteiger partial charge in [0.25, 0.3) is 0 Å². The van der Waals surface area contributed by atoms with Crippen molar-refractivity contribution >= 4 is 44.2 Å². The highest BCUT2D eigenvalue weighted by Crippen LogP contribution is 2.29. The van der Waals surface area contributed by atoms with Gasteiger partial charge < -0.3 is 15.4 Å².